The molecule has 1 saturated carbocycles. The Labute approximate surface area is 171 Å². The largest absolute Gasteiger partial charge is 0.474 e. The van der Waals surface area contributed by atoms with Gasteiger partial charge in [-0.2, -0.15) is 0 Å². The van der Waals surface area contributed by atoms with Crippen LogP contribution in [0, 0.1) is 6.92 Å². The van der Waals surface area contributed by atoms with Crippen LogP contribution in [0.2, 0.25) is 0 Å². The number of rotatable bonds is 7. The summed E-state index contributed by atoms with van der Waals surface area (Å²) in [5, 5.41) is 7.09. The first kappa shape index (κ1) is 19.3. The second kappa shape index (κ2) is 8.99. The van der Waals surface area contributed by atoms with Crippen LogP contribution in [0.1, 0.15) is 42.5 Å². The fourth-order valence-electron chi connectivity index (χ4n) is 4.02. The zero-order valence-corrected chi connectivity index (χ0v) is 16.8. The first-order valence-corrected chi connectivity index (χ1v) is 10.4. The number of aromatic nitrogens is 2. The van der Waals surface area contributed by atoms with Crippen molar-refractivity contribution in [1.82, 2.24) is 20.6 Å². The van der Waals surface area contributed by atoms with Crippen molar-refractivity contribution in [3.05, 3.63) is 59.4 Å². The number of amides is 2. The molecule has 0 aliphatic heterocycles. The van der Waals surface area contributed by atoms with Crippen LogP contribution in [0.3, 0.4) is 0 Å². The number of ether oxygens (including phenoxy) is 1. The minimum atomic E-state index is -0.182. The number of aromatic amines is 1. The van der Waals surface area contributed by atoms with Crippen LogP contribution >= 0.6 is 0 Å². The molecule has 29 heavy (non-hydrogen) atoms. The summed E-state index contributed by atoms with van der Waals surface area (Å²) < 4.78 is 6.04. The van der Waals surface area contributed by atoms with Crippen molar-refractivity contribution in [2.75, 3.05) is 6.54 Å². The fraction of sp³-hybridized carbons (Fsp3) is 0.391. The number of para-hydroxylation sites is 1. The number of carbonyl (C=O) groups excluding carboxylic acids is 1. The molecular formula is C23H28N4O2. The molecule has 6 heteroatoms. The number of nitrogens with zero attached hydrogens (tertiary/aromatic N) is 1. The van der Waals surface area contributed by atoms with Gasteiger partial charge in [-0.15, -0.1) is 0 Å². The SMILES string of the molecule is Cc1[nH]c2ccccc2c1CCNC(=O)NCc1cccnc1OC1CCCC1. The summed E-state index contributed by atoms with van der Waals surface area (Å²) in [5.41, 5.74) is 4.44. The molecule has 0 spiro atoms. The molecule has 0 bridgehead atoms. The molecule has 1 aliphatic carbocycles. The van der Waals surface area contributed by atoms with Crippen molar-refractivity contribution in [3.8, 4) is 5.88 Å². The summed E-state index contributed by atoms with van der Waals surface area (Å²) in [6.45, 7) is 3.05. The number of urea groups is 1. The maximum absolute atomic E-state index is 12.3. The molecule has 1 fully saturated rings. The lowest BCUT2D eigenvalue weighted by atomic mass is 10.1. The molecule has 2 amide bonds. The number of aryl methyl sites for hydroxylation is 1. The zero-order valence-electron chi connectivity index (χ0n) is 16.8. The molecule has 0 saturated heterocycles. The highest BCUT2D eigenvalue weighted by molar-refractivity contribution is 5.84. The lowest BCUT2D eigenvalue weighted by molar-refractivity contribution is 0.198. The van der Waals surface area contributed by atoms with Crippen LogP contribution in [0.4, 0.5) is 4.79 Å². The zero-order chi connectivity index (χ0) is 20.1. The first-order valence-electron chi connectivity index (χ1n) is 10.4. The summed E-state index contributed by atoms with van der Waals surface area (Å²) in [6.07, 6.45) is 7.35. The lowest BCUT2D eigenvalue weighted by Gasteiger charge is -2.15. The van der Waals surface area contributed by atoms with Crippen molar-refractivity contribution in [2.45, 2.75) is 51.7 Å². The van der Waals surface area contributed by atoms with Gasteiger partial charge in [0.05, 0.1) is 0 Å². The normalized spacial score (nSPS) is 14.2. The minimum absolute atomic E-state index is 0.182. The van der Waals surface area contributed by atoms with E-state index < -0.39 is 0 Å². The number of benzene rings is 1. The van der Waals surface area contributed by atoms with E-state index in [1.54, 1.807) is 6.20 Å². The molecule has 2 aromatic heterocycles. The Bertz CT molecular complexity index is 976. The summed E-state index contributed by atoms with van der Waals surface area (Å²) in [6, 6.07) is 11.9. The van der Waals surface area contributed by atoms with Crippen LogP contribution < -0.4 is 15.4 Å². The third kappa shape index (κ3) is 4.70. The van der Waals surface area contributed by atoms with Crippen molar-refractivity contribution in [2.24, 2.45) is 0 Å². The maximum Gasteiger partial charge on any atom is 0.315 e. The Balaban J connectivity index is 1.28. The average Bonchev–Trinajstić information content (AvgIpc) is 3.35. The van der Waals surface area contributed by atoms with Gasteiger partial charge in [-0.05, 0) is 56.7 Å². The molecule has 0 atom stereocenters. The summed E-state index contributed by atoms with van der Waals surface area (Å²) in [4.78, 5) is 20.0. The van der Waals surface area contributed by atoms with Crippen molar-refractivity contribution in [3.63, 3.8) is 0 Å². The molecule has 0 unspecified atom stereocenters. The Hall–Kier alpha value is -3.02. The molecule has 152 valence electrons. The van der Waals surface area contributed by atoms with Gasteiger partial charge in [0, 0.05) is 41.4 Å². The molecular weight excluding hydrogens is 364 g/mol. The van der Waals surface area contributed by atoms with Gasteiger partial charge in [0.1, 0.15) is 6.10 Å². The maximum atomic E-state index is 12.3. The molecule has 3 N–H and O–H groups in total. The van der Waals surface area contributed by atoms with Gasteiger partial charge in [0.15, 0.2) is 0 Å². The number of hydrogen-bond donors (Lipinski definition) is 3. The number of pyridine rings is 1. The second-order valence-corrected chi connectivity index (χ2v) is 7.63. The van der Waals surface area contributed by atoms with Gasteiger partial charge < -0.3 is 20.4 Å². The smallest absolute Gasteiger partial charge is 0.315 e. The van der Waals surface area contributed by atoms with Crippen LogP contribution in [0.25, 0.3) is 10.9 Å². The minimum Gasteiger partial charge on any atom is -0.474 e. The number of fused-ring (bicyclic) bond motifs is 1. The van der Waals surface area contributed by atoms with Gasteiger partial charge in [0.2, 0.25) is 5.88 Å². The Morgan fingerprint density at radius 3 is 2.86 bits per heavy atom. The van der Waals surface area contributed by atoms with Gasteiger partial charge in [0.25, 0.3) is 0 Å². The Kier molecular flexibility index (Phi) is 5.98. The van der Waals surface area contributed by atoms with Crippen LogP contribution in [0.5, 0.6) is 5.88 Å². The predicted molar refractivity (Wildman–Crippen MR) is 114 cm³/mol. The number of hydrogen-bond acceptors (Lipinski definition) is 3. The van der Waals surface area contributed by atoms with Crippen molar-refractivity contribution < 1.29 is 9.53 Å². The highest BCUT2D eigenvalue weighted by Crippen LogP contribution is 2.25. The number of carbonyl (C=O) groups is 1. The van der Waals surface area contributed by atoms with Gasteiger partial charge >= 0.3 is 6.03 Å². The average molecular weight is 393 g/mol. The third-order valence-corrected chi connectivity index (χ3v) is 5.56. The Morgan fingerprint density at radius 1 is 1.17 bits per heavy atom. The molecule has 3 aromatic rings. The number of H-pyrrole nitrogens is 1. The van der Waals surface area contributed by atoms with Crippen LogP contribution in [-0.4, -0.2) is 28.6 Å². The first-order chi connectivity index (χ1) is 14.2. The van der Waals surface area contributed by atoms with Gasteiger partial charge in [-0.25, -0.2) is 9.78 Å². The molecule has 6 nitrogen and oxygen atoms in total. The predicted octanol–water partition coefficient (Wildman–Crippen LogP) is 4.23. The summed E-state index contributed by atoms with van der Waals surface area (Å²) >= 11 is 0. The van der Waals surface area contributed by atoms with E-state index in [0.29, 0.717) is 19.0 Å². The van der Waals surface area contributed by atoms with Gasteiger partial charge in [-0.3, -0.25) is 0 Å². The summed E-state index contributed by atoms with van der Waals surface area (Å²) in [7, 11) is 0. The second-order valence-electron chi connectivity index (χ2n) is 7.63. The van der Waals surface area contributed by atoms with E-state index in [1.807, 2.05) is 24.3 Å². The van der Waals surface area contributed by atoms with Crippen molar-refractivity contribution in [1.29, 1.82) is 0 Å². The lowest BCUT2D eigenvalue weighted by Crippen LogP contribution is -2.36. The van der Waals surface area contributed by atoms with E-state index in [1.165, 1.54) is 23.8 Å². The molecule has 2 heterocycles. The topological polar surface area (TPSA) is 79.0 Å². The standard InChI is InChI=1S/C23H28N4O2/c1-16-19(20-10-4-5-11-21(20)27-16)12-14-25-23(28)26-15-17-7-6-13-24-22(17)29-18-8-2-3-9-18/h4-7,10-11,13,18,27H,2-3,8-9,12,14-15H2,1H3,(H2,25,26,28). The highest BCUT2D eigenvalue weighted by Gasteiger charge is 2.18. The fourth-order valence-corrected chi connectivity index (χ4v) is 4.02. The molecule has 1 aromatic carbocycles. The molecule has 4 rings (SSSR count). The monoisotopic (exact) mass is 392 g/mol. The Morgan fingerprint density at radius 2 is 2.00 bits per heavy atom. The van der Waals surface area contributed by atoms with E-state index >= 15 is 0 Å². The quantitative estimate of drug-likeness (QED) is 0.563. The van der Waals surface area contributed by atoms with Crippen LogP contribution in [-0.2, 0) is 13.0 Å². The van der Waals surface area contributed by atoms with E-state index in [4.69, 9.17) is 4.74 Å². The van der Waals surface area contributed by atoms with Crippen molar-refractivity contribution >= 4 is 16.9 Å². The molecule has 1 aliphatic rings. The van der Waals surface area contributed by atoms with E-state index in [-0.39, 0.29) is 12.1 Å². The van der Waals surface area contributed by atoms with Crippen LogP contribution in [0.15, 0.2) is 42.6 Å². The highest BCUT2D eigenvalue weighted by atomic mass is 16.5. The van der Waals surface area contributed by atoms with E-state index in [2.05, 4.69) is 39.7 Å². The van der Waals surface area contributed by atoms with E-state index in [9.17, 15) is 4.79 Å². The summed E-state index contributed by atoms with van der Waals surface area (Å²) in [5.74, 6) is 0.633. The van der Waals surface area contributed by atoms with Gasteiger partial charge in [-0.1, -0.05) is 24.3 Å². The van der Waals surface area contributed by atoms with E-state index in [0.717, 1.165) is 36.0 Å². The molecule has 0 radical (unpaired) electrons. The third-order valence-electron chi connectivity index (χ3n) is 5.56. The number of nitrogens with one attached hydrogen (secondary N) is 3.